The van der Waals surface area contributed by atoms with Crippen LogP contribution >= 0.6 is 0 Å². The summed E-state index contributed by atoms with van der Waals surface area (Å²) in [5.41, 5.74) is 1.85. The third-order valence-corrected chi connectivity index (χ3v) is 6.75. The lowest BCUT2D eigenvalue weighted by Gasteiger charge is -2.29. The summed E-state index contributed by atoms with van der Waals surface area (Å²) in [4.78, 5) is 27.3. The van der Waals surface area contributed by atoms with E-state index in [0.717, 1.165) is 32.5 Å². The van der Waals surface area contributed by atoms with Crippen molar-refractivity contribution in [1.82, 2.24) is 15.2 Å². The molecule has 0 unspecified atom stereocenters. The molecule has 1 aromatic carbocycles. The normalized spacial score (nSPS) is 28.2. The molecule has 3 saturated heterocycles. The van der Waals surface area contributed by atoms with Crippen molar-refractivity contribution in [1.29, 1.82) is 0 Å². The van der Waals surface area contributed by atoms with Crippen LogP contribution in [0.3, 0.4) is 0 Å². The third kappa shape index (κ3) is 4.74. The molecule has 7 heteroatoms. The Balaban J connectivity index is 0.000000775. The molecule has 1 amide bonds. The number of fused-ring (bicyclic) bond motifs is 1. The molecule has 5 rings (SSSR count). The number of carbonyl (C=O) groups is 2. The number of benzene rings is 1. The number of amides is 1. The highest BCUT2D eigenvalue weighted by Crippen LogP contribution is 2.54. The summed E-state index contributed by atoms with van der Waals surface area (Å²) in [6.07, 6.45) is 10.3. The van der Waals surface area contributed by atoms with Crippen LogP contribution in [0.1, 0.15) is 28.8 Å². The van der Waals surface area contributed by atoms with E-state index in [1.54, 1.807) is 24.5 Å². The highest BCUT2D eigenvalue weighted by Gasteiger charge is 2.62. The maximum Gasteiger partial charge on any atom is 0.290 e. The van der Waals surface area contributed by atoms with Crippen molar-refractivity contribution in [3.63, 3.8) is 0 Å². The minimum Gasteiger partial charge on any atom is -0.483 e. The zero-order chi connectivity index (χ0) is 22.4. The maximum absolute atomic E-state index is 12.4. The lowest BCUT2D eigenvalue weighted by molar-refractivity contribution is -0.122. The third-order valence-electron chi connectivity index (χ3n) is 6.75. The van der Waals surface area contributed by atoms with Crippen molar-refractivity contribution in [3.8, 4) is 0 Å². The Bertz CT molecular complexity index is 937. The molecule has 168 valence electrons. The van der Waals surface area contributed by atoms with E-state index in [1.165, 1.54) is 5.56 Å². The molecule has 2 N–H and O–H groups in total. The van der Waals surface area contributed by atoms with Crippen LogP contribution in [0.4, 0.5) is 0 Å². The fraction of sp³-hybridized carbons (Fsp3) is 0.400. The fourth-order valence-electron chi connectivity index (χ4n) is 5.41. The van der Waals surface area contributed by atoms with E-state index in [4.69, 9.17) is 14.6 Å². The maximum atomic E-state index is 12.4. The van der Waals surface area contributed by atoms with Gasteiger partial charge in [-0.2, -0.15) is 0 Å². The van der Waals surface area contributed by atoms with Crippen molar-refractivity contribution in [3.05, 3.63) is 72.1 Å². The van der Waals surface area contributed by atoms with Crippen LogP contribution in [0.25, 0.3) is 6.08 Å². The van der Waals surface area contributed by atoms with Gasteiger partial charge in [0.05, 0.1) is 17.3 Å². The lowest BCUT2D eigenvalue weighted by atomic mass is 9.73. The molecule has 0 saturated carbocycles. The number of rotatable bonds is 6. The molecule has 32 heavy (non-hydrogen) atoms. The summed E-state index contributed by atoms with van der Waals surface area (Å²) in [6.45, 7) is 3.41. The Labute approximate surface area is 188 Å². The predicted molar refractivity (Wildman–Crippen MR) is 121 cm³/mol. The smallest absolute Gasteiger partial charge is 0.290 e. The topological polar surface area (TPSA) is 91.8 Å². The van der Waals surface area contributed by atoms with Crippen molar-refractivity contribution in [2.24, 2.45) is 11.8 Å². The molecular weight excluding hydrogens is 406 g/mol. The minimum absolute atomic E-state index is 0.00501. The number of hydrogen-bond acceptors (Lipinski definition) is 5. The van der Waals surface area contributed by atoms with Gasteiger partial charge in [0, 0.05) is 50.4 Å². The highest BCUT2D eigenvalue weighted by molar-refractivity contribution is 5.93. The van der Waals surface area contributed by atoms with Gasteiger partial charge in [0.25, 0.3) is 12.4 Å². The summed E-state index contributed by atoms with van der Waals surface area (Å²) in [5.74, 6) is 0.851. The van der Waals surface area contributed by atoms with Crippen molar-refractivity contribution in [2.75, 3.05) is 26.2 Å². The van der Waals surface area contributed by atoms with Gasteiger partial charge in [0.2, 0.25) is 0 Å². The summed E-state index contributed by atoms with van der Waals surface area (Å²) >= 11 is 0. The summed E-state index contributed by atoms with van der Waals surface area (Å²) in [5, 5.41) is 10.0. The van der Waals surface area contributed by atoms with Gasteiger partial charge >= 0.3 is 0 Å². The zero-order valence-electron chi connectivity index (χ0n) is 18.0. The second kappa shape index (κ2) is 10.1. The van der Waals surface area contributed by atoms with E-state index in [1.807, 2.05) is 6.07 Å². The minimum atomic E-state index is -0.250. The van der Waals surface area contributed by atoms with Crippen LogP contribution in [-0.4, -0.2) is 65.3 Å². The Hall–Kier alpha value is -3.03. The van der Waals surface area contributed by atoms with E-state index in [2.05, 4.69) is 51.6 Å². The van der Waals surface area contributed by atoms with Gasteiger partial charge in [-0.1, -0.05) is 42.5 Å². The molecule has 2 aromatic rings. The lowest BCUT2D eigenvalue weighted by Crippen LogP contribution is -2.41. The second-order valence-electron chi connectivity index (χ2n) is 8.59. The number of ether oxygens (including phenoxy) is 1. The van der Waals surface area contributed by atoms with E-state index in [0.29, 0.717) is 23.9 Å². The van der Waals surface area contributed by atoms with Gasteiger partial charge in [-0.05, 0) is 30.5 Å². The largest absolute Gasteiger partial charge is 0.483 e. The zero-order valence-corrected chi connectivity index (χ0v) is 18.0. The first kappa shape index (κ1) is 22.2. The van der Waals surface area contributed by atoms with E-state index in [-0.39, 0.29) is 24.1 Å². The van der Waals surface area contributed by atoms with E-state index >= 15 is 0 Å². The summed E-state index contributed by atoms with van der Waals surface area (Å²) in [7, 11) is 0. The number of carbonyl (C=O) groups excluding carboxylic acids is 1. The SMILES string of the molecule is O=C(NC[C@H]1[C@H]2CN(C/C=C/c3ccccc3)C[C@]23CC[C@H]1O3)c1cccnc1.O=CO. The Morgan fingerprint density at radius 1 is 1.28 bits per heavy atom. The van der Waals surface area contributed by atoms with Gasteiger partial charge in [0.1, 0.15) is 0 Å². The molecule has 3 aliphatic heterocycles. The van der Waals surface area contributed by atoms with Gasteiger partial charge in [0.15, 0.2) is 0 Å². The predicted octanol–water partition coefficient (Wildman–Crippen LogP) is 2.71. The van der Waals surface area contributed by atoms with Crippen LogP contribution in [0.15, 0.2) is 60.9 Å². The molecule has 0 aliphatic carbocycles. The first-order valence-corrected chi connectivity index (χ1v) is 11.0. The number of hydrogen-bond donors (Lipinski definition) is 2. The Kier molecular flexibility index (Phi) is 6.97. The van der Waals surface area contributed by atoms with Gasteiger partial charge in [-0.25, -0.2) is 0 Å². The molecule has 3 fully saturated rings. The highest BCUT2D eigenvalue weighted by atomic mass is 16.5. The molecule has 3 aliphatic rings. The Morgan fingerprint density at radius 3 is 2.84 bits per heavy atom. The van der Waals surface area contributed by atoms with Crippen molar-refractivity contribution in [2.45, 2.75) is 24.5 Å². The molecule has 1 aromatic heterocycles. The van der Waals surface area contributed by atoms with Gasteiger partial charge < -0.3 is 15.2 Å². The number of nitrogens with zero attached hydrogens (tertiary/aromatic N) is 2. The molecule has 2 bridgehead atoms. The number of nitrogens with one attached hydrogen (secondary N) is 1. The van der Waals surface area contributed by atoms with Gasteiger partial charge in [-0.15, -0.1) is 0 Å². The first-order chi connectivity index (χ1) is 15.6. The number of aromatic nitrogens is 1. The summed E-state index contributed by atoms with van der Waals surface area (Å²) in [6, 6.07) is 14.0. The molecule has 4 atom stereocenters. The van der Waals surface area contributed by atoms with Crippen LogP contribution < -0.4 is 5.32 Å². The monoisotopic (exact) mass is 435 g/mol. The van der Waals surface area contributed by atoms with Crippen molar-refractivity contribution >= 4 is 18.5 Å². The van der Waals surface area contributed by atoms with Crippen molar-refractivity contribution < 1.29 is 19.4 Å². The fourth-order valence-corrected chi connectivity index (χ4v) is 5.41. The molecule has 4 heterocycles. The quantitative estimate of drug-likeness (QED) is 0.678. The number of likely N-dealkylation sites (tertiary alicyclic amines) is 1. The standard InChI is InChI=1S/C24H27N3O2.CH2O2/c28-23(19-9-4-12-25-14-19)26-15-20-21-16-27(17-24(21)11-10-22(20)29-24)13-5-8-18-6-2-1-3-7-18;2-1-3/h1-9,12,14,20-22H,10-11,13,15-17H2,(H,26,28);1H,(H,2,3)/b8-5+;/t20-,21+,22+,24+;/m0./s1. The van der Waals surface area contributed by atoms with Crippen LogP contribution in [0, 0.1) is 11.8 Å². The first-order valence-electron chi connectivity index (χ1n) is 11.0. The van der Waals surface area contributed by atoms with E-state index < -0.39 is 0 Å². The average Bonchev–Trinajstić information content (AvgIpc) is 3.48. The van der Waals surface area contributed by atoms with Crippen LogP contribution in [0.5, 0.6) is 0 Å². The Morgan fingerprint density at radius 2 is 2.09 bits per heavy atom. The molecule has 7 nitrogen and oxygen atoms in total. The number of pyridine rings is 1. The molecule has 1 spiro atoms. The van der Waals surface area contributed by atoms with Crippen LogP contribution in [-0.2, 0) is 9.53 Å². The molecule has 0 radical (unpaired) electrons. The summed E-state index contributed by atoms with van der Waals surface area (Å²) < 4.78 is 6.50. The van der Waals surface area contributed by atoms with E-state index in [9.17, 15) is 4.79 Å². The van der Waals surface area contributed by atoms with Gasteiger partial charge in [-0.3, -0.25) is 19.5 Å². The number of carboxylic acid groups (broad SMARTS) is 1. The molecular formula is C25H29N3O4. The average molecular weight is 436 g/mol. The van der Waals surface area contributed by atoms with Crippen LogP contribution in [0.2, 0.25) is 0 Å². The second-order valence-corrected chi connectivity index (χ2v) is 8.59.